The SMILES string of the molecule is CNC(C)c1nc(-c2ccc(OC)c(OC)c2)no1. The van der Waals surface area contributed by atoms with E-state index in [4.69, 9.17) is 14.0 Å². The molecule has 102 valence electrons. The van der Waals surface area contributed by atoms with E-state index in [-0.39, 0.29) is 6.04 Å². The van der Waals surface area contributed by atoms with Gasteiger partial charge in [-0.3, -0.25) is 0 Å². The van der Waals surface area contributed by atoms with E-state index in [0.717, 1.165) is 5.56 Å². The number of hydrogen-bond acceptors (Lipinski definition) is 6. The van der Waals surface area contributed by atoms with Crippen LogP contribution in [-0.2, 0) is 0 Å². The van der Waals surface area contributed by atoms with E-state index in [1.165, 1.54) is 0 Å². The van der Waals surface area contributed by atoms with Crippen LogP contribution in [-0.4, -0.2) is 31.4 Å². The van der Waals surface area contributed by atoms with Gasteiger partial charge < -0.3 is 19.3 Å². The molecule has 0 radical (unpaired) electrons. The molecule has 19 heavy (non-hydrogen) atoms. The molecule has 1 aromatic heterocycles. The smallest absolute Gasteiger partial charge is 0.243 e. The lowest BCUT2D eigenvalue weighted by Crippen LogP contribution is -2.12. The molecule has 0 saturated heterocycles. The quantitative estimate of drug-likeness (QED) is 0.890. The molecular weight excluding hydrogens is 246 g/mol. The molecule has 0 aliphatic rings. The number of nitrogens with zero attached hydrogens (tertiary/aromatic N) is 2. The third-order valence-corrected chi connectivity index (χ3v) is 2.89. The molecule has 2 aromatic rings. The molecular formula is C13H17N3O3. The van der Waals surface area contributed by atoms with Crippen LogP contribution in [0, 0.1) is 0 Å². The van der Waals surface area contributed by atoms with Crippen molar-refractivity contribution in [1.82, 2.24) is 15.5 Å². The number of aromatic nitrogens is 2. The molecule has 1 atom stereocenters. The van der Waals surface area contributed by atoms with Crippen molar-refractivity contribution in [3.05, 3.63) is 24.1 Å². The highest BCUT2D eigenvalue weighted by Crippen LogP contribution is 2.31. The Morgan fingerprint density at radius 3 is 2.58 bits per heavy atom. The number of methoxy groups -OCH3 is 2. The molecule has 1 heterocycles. The topological polar surface area (TPSA) is 69.4 Å². The first-order valence-corrected chi connectivity index (χ1v) is 5.92. The fraction of sp³-hybridized carbons (Fsp3) is 0.385. The molecule has 1 aromatic carbocycles. The van der Waals surface area contributed by atoms with Crippen LogP contribution in [0.15, 0.2) is 22.7 Å². The normalized spacial score (nSPS) is 12.2. The third-order valence-electron chi connectivity index (χ3n) is 2.89. The molecule has 0 aliphatic carbocycles. The molecule has 0 bridgehead atoms. The van der Waals surface area contributed by atoms with Gasteiger partial charge in [-0.1, -0.05) is 5.16 Å². The van der Waals surface area contributed by atoms with Crippen LogP contribution in [0.2, 0.25) is 0 Å². The van der Waals surface area contributed by atoms with Crippen molar-refractivity contribution < 1.29 is 14.0 Å². The Balaban J connectivity index is 2.34. The first-order chi connectivity index (χ1) is 9.19. The van der Waals surface area contributed by atoms with E-state index in [9.17, 15) is 0 Å². The van der Waals surface area contributed by atoms with Gasteiger partial charge in [0, 0.05) is 5.56 Å². The van der Waals surface area contributed by atoms with Crippen molar-refractivity contribution in [3.8, 4) is 22.9 Å². The predicted octanol–water partition coefficient (Wildman–Crippen LogP) is 2.03. The molecule has 2 rings (SSSR count). The Morgan fingerprint density at radius 1 is 1.21 bits per heavy atom. The number of hydrogen-bond donors (Lipinski definition) is 1. The number of ether oxygens (including phenoxy) is 2. The Hall–Kier alpha value is -2.08. The summed E-state index contributed by atoms with van der Waals surface area (Å²) in [5.74, 6) is 2.37. The van der Waals surface area contributed by atoms with Gasteiger partial charge in [0.2, 0.25) is 11.7 Å². The summed E-state index contributed by atoms with van der Waals surface area (Å²) in [5.41, 5.74) is 0.816. The van der Waals surface area contributed by atoms with Gasteiger partial charge in [0.25, 0.3) is 0 Å². The summed E-state index contributed by atoms with van der Waals surface area (Å²) in [4.78, 5) is 4.35. The first-order valence-electron chi connectivity index (χ1n) is 5.92. The second-order valence-electron chi connectivity index (χ2n) is 4.04. The first kappa shape index (κ1) is 13.4. The monoisotopic (exact) mass is 263 g/mol. The van der Waals surface area contributed by atoms with Gasteiger partial charge in [-0.05, 0) is 32.2 Å². The maximum Gasteiger partial charge on any atom is 0.243 e. The summed E-state index contributed by atoms with van der Waals surface area (Å²) in [6, 6.07) is 5.50. The molecule has 0 spiro atoms. The van der Waals surface area contributed by atoms with Crippen molar-refractivity contribution in [3.63, 3.8) is 0 Å². The third kappa shape index (κ3) is 2.68. The fourth-order valence-electron chi connectivity index (χ4n) is 1.63. The lowest BCUT2D eigenvalue weighted by molar-refractivity contribution is 0.347. The minimum Gasteiger partial charge on any atom is -0.493 e. The average molecular weight is 263 g/mol. The summed E-state index contributed by atoms with van der Waals surface area (Å²) in [6.45, 7) is 1.95. The van der Waals surface area contributed by atoms with Gasteiger partial charge in [-0.15, -0.1) is 0 Å². The largest absolute Gasteiger partial charge is 0.493 e. The van der Waals surface area contributed by atoms with Gasteiger partial charge in [0.1, 0.15) is 0 Å². The molecule has 6 heteroatoms. The highest BCUT2D eigenvalue weighted by Gasteiger charge is 2.15. The number of rotatable bonds is 5. The molecule has 0 aliphatic heterocycles. The highest BCUT2D eigenvalue weighted by molar-refractivity contribution is 5.60. The summed E-state index contributed by atoms with van der Waals surface area (Å²) >= 11 is 0. The Morgan fingerprint density at radius 2 is 1.95 bits per heavy atom. The van der Waals surface area contributed by atoms with Gasteiger partial charge >= 0.3 is 0 Å². The van der Waals surface area contributed by atoms with Crippen molar-refractivity contribution in [1.29, 1.82) is 0 Å². The summed E-state index contributed by atoms with van der Waals surface area (Å²) in [5, 5.41) is 7.01. The lowest BCUT2D eigenvalue weighted by atomic mass is 10.2. The van der Waals surface area contributed by atoms with Gasteiger partial charge in [-0.2, -0.15) is 4.98 Å². The zero-order valence-corrected chi connectivity index (χ0v) is 11.4. The van der Waals surface area contributed by atoms with E-state index >= 15 is 0 Å². The van der Waals surface area contributed by atoms with E-state index < -0.39 is 0 Å². The number of benzene rings is 1. The number of nitrogens with one attached hydrogen (secondary N) is 1. The van der Waals surface area contributed by atoms with Crippen LogP contribution in [0.3, 0.4) is 0 Å². The summed E-state index contributed by atoms with van der Waals surface area (Å²) in [7, 11) is 5.02. The van der Waals surface area contributed by atoms with E-state index in [1.807, 2.05) is 32.2 Å². The average Bonchev–Trinajstić information content (AvgIpc) is 2.95. The van der Waals surface area contributed by atoms with E-state index in [2.05, 4.69) is 15.5 Å². The zero-order chi connectivity index (χ0) is 13.8. The Kier molecular flexibility index (Phi) is 4.01. The maximum atomic E-state index is 5.25. The molecule has 0 fully saturated rings. The minimum atomic E-state index is 0.0152. The van der Waals surface area contributed by atoms with Crippen LogP contribution in [0.5, 0.6) is 11.5 Å². The van der Waals surface area contributed by atoms with Crippen LogP contribution in [0.4, 0.5) is 0 Å². The molecule has 1 unspecified atom stereocenters. The lowest BCUT2D eigenvalue weighted by Gasteiger charge is -2.07. The van der Waals surface area contributed by atoms with Crippen molar-refractivity contribution >= 4 is 0 Å². The summed E-state index contributed by atoms with van der Waals surface area (Å²) in [6.07, 6.45) is 0. The zero-order valence-electron chi connectivity index (χ0n) is 11.4. The standard InChI is InChI=1S/C13H17N3O3/c1-8(14-2)13-15-12(16-19-13)9-5-6-10(17-3)11(7-9)18-4/h5-8,14H,1-4H3. The van der Waals surface area contributed by atoms with Gasteiger partial charge in [0.05, 0.1) is 20.3 Å². The molecule has 0 amide bonds. The Bertz CT molecular complexity index is 554. The Labute approximate surface area is 111 Å². The van der Waals surface area contributed by atoms with Crippen molar-refractivity contribution in [2.75, 3.05) is 21.3 Å². The van der Waals surface area contributed by atoms with E-state index in [1.54, 1.807) is 14.2 Å². The second kappa shape index (κ2) is 5.71. The van der Waals surface area contributed by atoms with Crippen LogP contribution in [0.1, 0.15) is 18.9 Å². The van der Waals surface area contributed by atoms with Crippen molar-refractivity contribution in [2.45, 2.75) is 13.0 Å². The van der Waals surface area contributed by atoms with Crippen LogP contribution in [0.25, 0.3) is 11.4 Å². The minimum absolute atomic E-state index is 0.0152. The van der Waals surface area contributed by atoms with Gasteiger partial charge in [0.15, 0.2) is 11.5 Å². The maximum absolute atomic E-state index is 5.25. The molecule has 1 N–H and O–H groups in total. The molecule has 0 saturated carbocycles. The van der Waals surface area contributed by atoms with Crippen LogP contribution < -0.4 is 14.8 Å². The van der Waals surface area contributed by atoms with E-state index in [0.29, 0.717) is 23.2 Å². The fourth-order valence-corrected chi connectivity index (χ4v) is 1.63. The van der Waals surface area contributed by atoms with Gasteiger partial charge in [-0.25, -0.2) is 0 Å². The summed E-state index contributed by atoms with van der Waals surface area (Å²) < 4.78 is 15.6. The second-order valence-corrected chi connectivity index (χ2v) is 4.04. The predicted molar refractivity (Wildman–Crippen MR) is 70.3 cm³/mol. The van der Waals surface area contributed by atoms with Crippen molar-refractivity contribution in [2.24, 2.45) is 0 Å². The molecule has 6 nitrogen and oxygen atoms in total. The highest BCUT2D eigenvalue weighted by atomic mass is 16.5. The van der Waals surface area contributed by atoms with Crippen LogP contribution >= 0.6 is 0 Å².